The van der Waals surface area contributed by atoms with Gasteiger partial charge < -0.3 is 4.74 Å². The van der Waals surface area contributed by atoms with Gasteiger partial charge in [0.25, 0.3) is 0 Å². The van der Waals surface area contributed by atoms with Gasteiger partial charge in [-0.05, 0) is 61.1 Å². The van der Waals surface area contributed by atoms with Crippen molar-refractivity contribution < 1.29 is 26.7 Å². The molecule has 0 spiro atoms. The normalized spacial score (nSPS) is 17.0. The number of benzene rings is 2. The van der Waals surface area contributed by atoms with Gasteiger partial charge in [0.15, 0.2) is 23.3 Å². The quantitative estimate of drug-likeness (QED) is 0.303. The monoisotopic (exact) mass is 435 g/mol. The minimum absolute atomic E-state index is 0.420. The minimum Gasteiger partial charge on any atom is -0.493 e. The van der Waals surface area contributed by atoms with Crippen LogP contribution in [-0.2, 0) is 6.42 Å². The molecule has 0 bridgehead atoms. The molecular weight excluding hydrogens is 413 g/mol. The molecule has 0 saturated heterocycles. The van der Waals surface area contributed by atoms with Crippen LogP contribution in [0.3, 0.4) is 0 Å². The highest BCUT2D eigenvalue weighted by Gasteiger charge is 2.24. The third kappa shape index (κ3) is 4.50. The Balaban J connectivity index is 1.53. The van der Waals surface area contributed by atoms with Crippen LogP contribution in [-0.4, -0.2) is 18.9 Å². The first kappa shape index (κ1) is 21.5. The van der Waals surface area contributed by atoms with Gasteiger partial charge in [0.05, 0.1) is 17.9 Å². The molecule has 0 N–H and O–H groups in total. The number of aliphatic imine (C=N–C) groups is 1. The van der Waals surface area contributed by atoms with E-state index in [4.69, 9.17) is 4.74 Å². The van der Waals surface area contributed by atoms with Crippen LogP contribution < -0.4 is 4.74 Å². The van der Waals surface area contributed by atoms with Crippen molar-refractivity contribution in [3.05, 3.63) is 70.1 Å². The maximum absolute atomic E-state index is 13.9. The average Bonchev–Trinajstić information content (AvgIpc) is 2.80. The molecule has 0 unspecified atom stereocenters. The summed E-state index contributed by atoms with van der Waals surface area (Å²) in [6.45, 7) is 1.13. The zero-order valence-corrected chi connectivity index (χ0v) is 16.9. The van der Waals surface area contributed by atoms with Crippen LogP contribution in [0.4, 0.5) is 22.0 Å². The summed E-state index contributed by atoms with van der Waals surface area (Å²) in [5.74, 6) is -8.51. The number of rotatable bonds is 5. The Kier molecular flexibility index (Phi) is 6.39. The van der Waals surface area contributed by atoms with Crippen LogP contribution in [0, 0.1) is 35.0 Å². The van der Waals surface area contributed by atoms with Crippen LogP contribution in [0.1, 0.15) is 48.8 Å². The second kappa shape index (κ2) is 9.20. The summed E-state index contributed by atoms with van der Waals surface area (Å²) in [4.78, 5) is 4.34. The summed E-state index contributed by atoms with van der Waals surface area (Å²) >= 11 is 0. The van der Waals surface area contributed by atoms with Crippen LogP contribution in [0.2, 0.25) is 0 Å². The molecule has 2 nitrogen and oxygen atoms in total. The maximum atomic E-state index is 13.9. The van der Waals surface area contributed by atoms with Gasteiger partial charge in [-0.2, -0.15) is 0 Å². The smallest absolute Gasteiger partial charge is 0.200 e. The molecule has 1 aliphatic heterocycles. The molecule has 1 aliphatic carbocycles. The first-order valence-corrected chi connectivity index (χ1v) is 10.5. The van der Waals surface area contributed by atoms with Gasteiger partial charge in [-0.1, -0.05) is 19.3 Å². The Morgan fingerprint density at radius 1 is 0.871 bits per heavy atom. The van der Waals surface area contributed by atoms with Gasteiger partial charge in [0.2, 0.25) is 5.82 Å². The fraction of sp³-hybridized carbons (Fsp3) is 0.375. The number of nitrogens with zero attached hydrogens (tertiary/aromatic N) is 1. The lowest BCUT2D eigenvalue weighted by molar-refractivity contribution is 0.208. The van der Waals surface area contributed by atoms with E-state index in [0.717, 1.165) is 23.0 Å². The molecule has 2 aliphatic rings. The van der Waals surface area contributed by atoms with E-state index in [1.807, 2.05) is 18.2 Å². The van der Waals surface area contributed by atoms with E-state index >= 15 is 0 Å². The third-order valence-corrected chi connectivity index (χ3v) is 5.88. The van der Waals surface area contributed by atoms with Crippen molar-refractivity contribution in [1.82, 2.24) is 0 Å². The van der Waals surface area contributed by atoms with Crippen LogP contribution in [0.25, 0.3) is 6.08 Å². The second-order valence-electron chi connectivity index (χ2n) is 7.97. The van der Waals surface area contributed by atoms with Gasteiger partial charge >= 0.3 is 0 Å². The third-order valence-electron chi connectivity index (χ3n) is 5.88. The first-order valence-electron chi connectivity index (χ1n) is 10.5. The van der Waals surface area contributed by atoms with Crippen molar-refractivity contribution in [3.8, 4) is 5.75 Å². The summed E-state index contributed by atoms with van der Waals surface area (Å²) in [6.07, 6.45) is 8.97. The molecule has 1 heterocycles. The fourth-order valence-corrected chi connectivity index (χ4v) is 4.14. The summed E-state index contributed by atoms with van der Waals surface area (Å²) < 4.78 is 73.9. The minimum atomic E-state index is -2.17. The number of halogens is 5. The molecule has 0 radical (unpaired) electrons. The van der Waals surface area contributed by atoms with Crippen molar-refractivity contribution in [2.45, 2.75) is 38.5 Å². The number of ether oxygens (including phenoxy) is 1. The van der Waals surface area contributed by atoms with Crippen LogP contribution in [0.5, 0.6) is 5.75 Å². The number of hydrogen-bond acceptors (Lipinski definition) is 2. The SMILES string of the molecule is Fc1c(F)c(F)c(/C=C/C2=NCCc3cc(OCC4CCCCC4)ccc32)c(F)c1F. The predicted molar refractivity (Wildman–Crippen MR) is 109 cm³/mol. The number of allylic oxidation sites excluding steroid dienone is 1. The molecule has 0 amide bonds. The van der Waals surface area contributed by atoms with Gasteiger partial charge in [-0.3, -0.25) is 4.99 Å². The standard InChI is InChI=1S/C24H22F5NO/c25-20-18(21(26)23(28)24(29)22(20)27)8-9-19-17-7-6-16(12-15(17)10-11-30-19)31-13-14-4-2-1-3-5-14/h6-9,12,14H,1-5,10-11,13H2/b9-8+. The summed E-state index contributed by atoms with van der Waals surface area (Å²) in [5, 5.41) is 0. The van der Waals surface area contributed by atoms with Crippen molar-refractivity contribution in [2.24, 2.45) is 10.9 Å². The van der Waals surface area contributed by atoms with E-state index < -0.39 is 34.6 Å². The molecule has 1 saturated carbocycles. The molecule has 7 heteroatoms. The van der Waals surface area contributed by atoms with E-state index in [1.165, 1.54) is 38.2 Å². The average molecular weight is 435 g/mol. The van der Waals surface area contributed by atoms with E-state index in [1.54, 1.807) is 0 Å². The Bertz CT molecular complexity index is 1010. The lowest BCUT2D eigenvalue weighted by Crippen LogP contribution is -2.16. The zero-order chi connectivity index (χ0) is 22.0. The Morgan fingerprint density at radius 3 is 2.26 bits per heavy atom. The number of fused-ring (bicyclic) bond motifs is 1. The van der Waals surface area contributed by atoms with Crippen molar-refractivity contribution >= 4 is 11.8 Å². The van der Waals surface area contributed by atoms with Gasteiger partial charge in [0, 0.05) is 12.1 Å². The largest absolute Gasteiger partial charge is 0.493 e. The molecule has 31 heavy (non-hydrogen) atoms. The van der Waals surface area contributed by atoms with Gasteiger partial charge in [-0.15, -0.1) is 0 Å². The first-order chi connectivity index (χ1) is 15.0. The van der Waals surface area contributed by atoms with Crippen molar-refractivity contribution in [1.29, 1.82) is 0 Å². The molecule has 2 aromatic rings. The highest BCUT2D eigenvalue weighted by Crippen LogP contribution is 2.28. The van der Waals surface area contributed by atoms with Crippen molar-refractivity contribution in [2.75, 3.05) is 13.2 Å². The Morgan fingerprint density at radius 2 is 1.55 bits per heavy atom. The van der Waals surface area contributed by atoms with Crippen LogP contribution >= 0.6 is 0 Å². The summed E-state index contributed by atoms with van der Waals surface area (Å²) in [7, 11) is 0. The molecular formula is C24H22F5NO. The Hall–Kier alpha value is -2.70. The second-order valence-corrected chi connectivity index (χ2v) is 7.97. The van der Waals surface area contributed by atoms with E-state index in [-0.39, 0.29) is 0 Å². The molecule has 2 aromatic carbocycles. The molecule has 164 valence electrons. The fourth-order valence-electron chi connectivity index (χ4n) is 4.14. The van der Waals surface area contributed by atoms with E-state index in [0.29, 0.717) is 31.2 Å². The lowest BCUT2D eigenvalue weighted by Gasteiger charge is -2.22. The zero-order valence-electron chi connectivity index (χ0n) is 16.9. The highest BCUT2D eigenvalue weighted by atomic mass is 19.2. The summed E-state index contributed by atoms with van der Waals surface area (Å²) in [6, 6.07) is 5.56. The Labute approximate surface area is 177 Å². The van der Waals surface area contributed by atoms with Crippen LogP contribution in [0.15, 0.2) is 29.3 Å². The van der Waals surface area contributed by atoms with Gasteiger partial charge in [0.1, 0.15) is 5.75 Å². The molecule has 4 rings (SSSR count). The van der Waals surface area contributed by atoms with E-state index in [2.05, 4.69) is 4.99 Å². The number of hydrogen-bond donors (Lipinski definition) is 0. The lowest BCUT2D eigenvalue weighted by atomic mass is 9.90. The topological polar surface area (TPSA) is 21.6 Å². The predicted octanol–water partition coefficient (Wildman–Crippen LogP) is 6.40. The molecule has 1 fully saturated rings. The van der Waals surface area contributed by atoms with Gasteiger partial charge in [-0.25, -0.2) is 22.0 Å². The maximum Gasteiger partial charge on any atom is 0.200 e. The van der Waals surface area contributed by atoms with Crippen molar-refractivity contribution in [3.63, 3.8) is 0 Å². The summed E-state index contributed by atoms with van der Waals surface area (Å²) in [5.41, 5.74) is 1.15. The molecule has 0 aromatic heterocycles. The van der Waals surface area contributed by atoms with E-state index in [9.17, 15) is 22.0 Å². The molecule has 0 atom stereocenters. The highest BCUT2D eigenvalue weighted by molar-refractivity contribution is 6.12.